The van der Waals surface area contributed by atoms with Gasteiger partial charge in [0, 0.05) is 16.0 Å². The third-order valence-electron chi connectivity index (χ3n) is 5.38. The third-order valence-corrected chi connectivity index (χ3v) is 6.38. The molecule has 0 aliphatic carbocycles. The number of nitrogens with zero attached hydrogens (tertiary/aromatic N) is 2. The fraction of sp³-hybridized carbons (Fsp3) is 0.130. The molecule has 1 fully saturated rings. The van der Waals surface area contributed by atoms with Crippen molar-refractivity contribution in [1.82, 2.24) is 20.2 Å². The minimum absolute atomic E-state index is 0.0161. The van der Waals surface area contributed by atoms with Crippen LogP contribution in [0.1, 0.15) is 10.4 Å². The van der Waals surface area contributed by atoms with Crippen molar-refractivity contribution in [2.75, 3.05) is 6.54 Å². The number of aromatic nitrogens is 2. The molecule has 32 heavy (non-hydrogen) atoms. The van der Waals surface area contributed by atoms with Gasteiger partial charge in [-0.1, -0.05) is 36.4 Å². The van der Waals surface area contributed by atoms with E-state index >= 15 is 0 Å². The third kappa shape index (κ3) is 3.46. The van der Waals surface area contributed by atoms with E-state index in [2.05, 4.69) is 15.3 Å². The number of imide groups is 1. The van der Waals surface area contributed by atoms with Gasteiger partial charge >= 0.3 is 6.03 Å². The van der Waals surface area contributed by atoms with E-state index in [1.54, 1.807) is 36.4 Å². The van der Waals surface area contributed by atoms with Crippen LogP contribution in [0.25, 0.3) is 32.7 Å². The molecule has 0 bridgehead atoms. The van der Waals surface area contributed by atoms with Crippen LogP contribution in [0, 0.1) is 12.7 Å². The minimum Gasteiger partial charge on any atom is -0.329 e. The second-order valence-corrected chi connectivity index (χ2v) is 8.67. The Morgan fingerprint density at radius 1 is 1.03 bits per heavy atom. The standard InChI is InChI=1S/C23H17FN4O3S/c1-12-18(14-6-8-16(24)9-7-14)19-21(30)26-20(27-22(19)32-12)15-4-2-13(3-5-15)11-28-17(29)10-25-23(28)31/h2-9H,10-11H2,1H3,(H,25,31)(H,26,27,30). The Morgan fingerprint density at radius 3 is 2.38 bits per heavy atom. The van der Waals surface area contributed by atoms with Crippen LogP contribution in [0.15, 0.2) is 53.3 Å². The Kier molecular flexibility index (Phi) is 4.82. The molecular weight excluding hydrogens is 431 g/mol. The van der Waals surface area contributed by atoms with Crippen LogP contribution in [0.5, 0.6) is 0 Å². The average molecular weight is 448 g/mol. The maximum absolute atomic E-state index is 13.3. The maximum Gasteiger partial charge on any atom is 0.324 e. The molecule has 4 aromatic rings. The summed E-state index contributed by atoms with van der Waals surface area (Å²) < 4.78 is 13.3. The first-order chi connectivity index (χ1) is 15.4. The lowest BCUT2D eigenvalue weighted by Crippen LogP contribution is -2.30. The lowest BCUT2D eigenvalue weighted by Gasteiger charge is -2.12. The van der Waals surface area contributed by atoms with Crippen LogP contribution < -0.4 is 10.9 Å². The summed E-state index contributed by atoms with van der Waals surface area (Å²) in [5.41, 5.74) is 2.75. The molecule has 5 rings (SSSR count). The molecule has 1 saturated heterocycles. The van der Waals surface area contributed by atoms with E-state index in [9.17, 15) is 18.8 Å². The molecule has 1 aliphatic rings. The highest BCUT2D eigenvalue weighted by molar-refractivity contribution is 7.19. The number of carbonyl (C=O) groups is 2. The largest absolute Gasteiger partial charge is 0.329 e. The molecule has 0 atom stereocenters. The van der Waals surface area contributed by atoms with E-state index in [1.165, 1.54) is 23.5 Å². The highest BCUT2D eigenvalue weighted by Gasteiger charge is 2.28. The van der Waals surface area contributed by atoms with Crippen LogP contribution in [-0.2, 0) is 11.3 Å². The van der Waals surface area contributed by atoms with Gasteiger partial charge in [-0.05, 0) is 30.2 Å². The smallest absolute Gasteiger partial charge is 0.324 e. The maximum atomic E-state index is 13.3. The van der Waals surface area contributed by atoms with Crippen molar-refractivity contribution < 1.29 is 14.0 Å². The fourth-order valence-corrected chi connectivity index (χ4v) is 4.83. The minimum atomic E-state index is -0.402. The van der Waals surface area contributed by atoms with Crippen molar-refractivity contribution in [3.8, 4) is 22.5 Å². The molecule has 9 heteroatoms. The predicted octanol–water partition coefficient (Wildman–Crippen LogP) is 3.82. The zero-order valence-corrected chi connectivity index (χ0v) is 17.8. The summed E-state index contributed by atoms with van der Waals surface area (Å²) in [6.07, 6.45) is 0. The van der Waals surface area contributed by atoms with Crippen molar-refractivity contribution in [1.29, 1.82) is 0 Å². The number of thiophene rings is 1. The van der Waals surface area contributed by atoms with Gasteiger partial charge < -0.3 is 10.3 Å². The molecule has 2 aromatic carbocycles. The van der Waals surface area contributed by atoms with Crippen molar-refractivity contribution >= 4 is 33.5 Å². The topological polar surface area (TPSA) is 95.2 Å². The lowest BCUT2D eigenvalue weighted by molar-refractivity contribution is -0.125. The second-order valence-electron chi connectivity index (χ2n) is 7.47. The average Bonchev–Trinajstić information content (AvgIpc) is 3.28. The van der Waals surface area contributed by atoms with E-state index in [1.807, 2.05) is 6.92 Å². The van der Waals surface area contributed by atoms with E-state index < -0.39 is 6.03 Å². The zero-order chi connectivity index (χ0) is 22.4. The molecule has 160 valence electrons. The van der Waals surface area contributed by atoms with Gasteiger partial charge in [-0.2, -0.15) is 0 Å². The van der Waals surface area contributed by atoms with Crippen molar-refractivity contribution in [3.05, 3.63) is 75.1 Å². The summed E-state index contributed by atoms with van der Waals surface area (Å²) in [7, 11) is 0. The Labute approximate surface area is 185 Å². The Morgan fingerprint density at radius 2 is 1.72 bits per heavy atom. The molecule has 3 heterocycles. The number of fused-ring (bicyclic) bond motifs is 1. The highest BCUT2D eigenvalue weighted by atomic mass is 32.1. The number of carbonyl (C=O) groups excluding carboxylic acids is 2. The number of urea groups is 1. The molecule has 2 N–H and O–H groups in total. The van der Waals surface area contributed by atoms with Crippen LogP contribution in [0.4, 0.5) is 9.18 Å². The second kappa shape index (κ2) is 7.69. The molecule has 1 aliphatic heterocycles. The van der Waals surface area contributed by atoms with Crippen LogP contribution >= 0.6 is 11.3 Å². The number of nitrogens with one attached hydrogen (secondary N) is 2. The number of benzene rings is 2. The molecule has 2 aromatic heterocycles. The van der Waals surface area contributed by atoms with Gasteiger partial charge in [0.1, 0.15) is 16.5 Å². The van der Waals surface area contributed by atoms with Crippen LogP contribution in [0.2, 0.25) is 0 Å². The number of amides is 3. The number of aromatic amines is 1. The summed E-state index contributed by atoms with van der Waals surface area (Å²) in [6, 6.07) is 12.8. The summed E-state index contributed by atoms with van der Waals surface area (Å²) in [5.74, 6) is -0.171. The fourth-order valence-electron chi connectivity index (χ4n) is 3.79. The molecule has 0 unspecified atom stereocenters. The number of hydrogen-bond acceptors (Lipinski definition) is 5. The SMILES string of the molecule is Cc1sc2nc(-c3ccc(CN4C(=O)CNC4=O)cc3)[nH]c(=O)c2c1-c1ccc(F)cc1. The number of rotatable bonds is 4. The summed E-state index contributed by atoms with van der Waals surface area (Å²) in [5, 5.41) is 2.98. The first kappa shape index (κ1) is 20.1. The van der Waals surface area contributed by atoms with Gasteiger partial charge in [0.2, 0.25) is 5.91 Å². The molecule has 7 nitrogen and oxygen atoms in total. The van der Waals surface area contributed by atoms with Crippen LogP contribution in [-0.4, -0.2) is 33.4 Å². The van der Waals surface area contributed by atoms with Gasteiger partial charge in [-0.25, -0.2) is 14.2 Å². The Balaban J connectivity index is 1.49. The number of H-pyrrole nitrogens is 1. The highest BCUT2D eigenvalue weighted by Crippen LogP contribution is 2.36. The first-order valence-electron chi connectivity index (χ1n) is 9.87. The summed E-state index contributed by atoms with van der Waals surface area (Å²) in [4.78, 5) is 46.6. The Hall–Kier alpha value is -3.85. The number of hydrogen-bond donors (Lipinski definition) is 2. The quantitative estimate of drug-likeness (QED) is 0.464. The lowest BCUT2D eigenvalue weighted by atomic mass is 10.0. The van der Waals surface area contributed by atoms with Gasteiger partial charge in [-0.15, -0.1) is 11.3 Å². The van der Waals surface area contributed by atoms with E-state index in [4.69, 9.17) is 0 Å². The predicted molar refractivity (Wildman–Crippen MR) is 120 cm³/mol. The van der Waals surface area contributed by atoms with Crippen molar-refractivity contribution in [3.63, 3.8) is 0 Å². The molecule has 0 radical (unpaired) electrons. The summed E-state index contributed by atoms with van der Waals surface area (Å²) >= 11 is 1.41. The molecule has 0 spiro atoms. The zero-order valence-electron chi connectivity index (χ0n) is 16.9. The van der Waals surface area contributed by atoms with E-state index in [0.717, 1.165) is 26.5 Å². The van der Waals surface area contributed by atoms with E-state index in [0.29, 0.717) is 21.6 Å². The monoisotopic (exact) mass is 448 g/mol. The van der Waals surface area contributed by atoms with E-state index in [-0.39, 0.29) is 30.4 Å². The molecular formula is C23H17FN4O3S. The van der Waals surface area contributed by atoms with Gasteiger partial charge in [-0.3, -0.25) is 14.5 Å². The van der Waals surface area contributed by atoms with Gasteiger partial charge in [0.25, 0.3) is 5.56 Å². The van der Waals surface area contributed by atoms with Crippen LogP contribution in [0.3, 0.4) is 0 Å². The number of aryl methyl sites for hydroxylation is 1. The normalized spacial score (nSPS) is 13.8. The Bertz CT molecular complexity index is 1410. The first-order valence-corrected chi connectivity index (χ1v) is 10.7. The van der Waals surface area contributed by atoms with Gasteiger partial charge in [0.05, 0.1) is 18.5 Å². The molecule has 3 amide bonds. The van der Waals surface area contributed by atoms with Gasteiger partial charge in [0.15, 0.2) is 0 Å². The van der Waals surface area contributed by atoms with Crippen molar-refractivity contribution in [2.45, 2.75) is 13.5 Å². The van der Waals surface area contributed by atoms with Crippen molar-refractivity contribution in [2.24, 2.45) is 0 Å². The molecule has 0 saturated carbocycles. The summed E-state index contributed by atoms with van der Waals surface area (Å²) in [6.45, 7) is 2.11. The number of halogens is 1.